The van der Waals surface area contributed by atoms with E-state index in [9.17, 15) is 4.79 Å². The highest BCUT2D eigenvalue weighted by Crippen LogP contribution is 2.19. The average molecular weight is 510 g/mol. The van der Waals surface area contributed by atoms with Crippen molar-refractivity contribution in [2.45, 2.75) is 26.2 Å². The van der Waals surface area contributed by atoms with Crippen LogP contribution < -0.4 is 5.32 Å². The molecule has 1 aromatic heterocycles. The predicted octanol–water partition coefficient (Wildman–Crippen LogP) is 3.81. The fourth-order valence-electron chi connectivity index (χ4n) is 3.50. The molecule has 1 fully saturated rings. The van der Waals surface area contributed by atoms with E-state index in [-0.39, 0.29) is 29.9 Å². The molecule has 0 spiro atoms. The lowest BCUT2D eigenvalue weighted by atomic mass is 9.97. The van der Waals surface area contributed by atoms with Crippen molar-refractivity contribution in [3.05, 3.63) is 60.1 Å². The molecule has 0 bridgehead atoms. The minimum atomic E-state index is -0.0401. The van der Waals surface area contributed by atoms with E-state index in [1.165, 1.54) is 11.8 Å². The average Bonchev–Trinajstić information content (AvgIpc) is 3.29. The maximum absolute atomic E-state index is 12.4. The Morgan fingerprint density at radius 2 is 1.76 bits per heavy atom. The molecule has 2 heterocycles. The zero-order chi connectivity index (χ0) is 19.8. The molecule has 0 saturated carbocycles. The highest BCUT2D eigenvalue weighted by atomic mass is 127. The number of carbonyl (C=O) groups is 1. The number of aliphatic imine (C=N–C) groups is 1. The van der Waals surface area contributed by atoms with Crippen molar-refractivity contribution in [3.63, 3.8) is 0 Å². The van der Waals surface area contributed by atoms with Gasteiger partial charge in [-0.25, -0.2) is 0 Å². The van der Waals surface area contributed by atoms with E-state index < -0.39 is 0 Å². The van der Waals surface area contributed by atoms with Gasteiger partial charge in [-0.05, 0) is 31.0 Å². The summed E-state index contributed by atoms with van der Waals surface area (Å²) < 4.78 is 5.24. The van der Waals surface area contributed by atoms with Gasteiger partial charge < -0.3 is 19.5 Å². The van der Waals surface area contributed by atoms with Crippen LogP contribution in [0.4, 0.5) is 0 Å². The van der Waals surface area contributed by atoms with Crippen LogP contribution >= 0.6 is 24.0 Å². The van der Waals surface area contributed by atoms with Gasteiger partial charge in [-0.2, -0.15) is 0 Å². The smallest absolute Gasteiger partial charge is 0.289 e. The normalized spacial score (nSPS) is 15.6. The number of hydrogen-bond acceptors (Lipinski definition) is 3. The van der Waals surface area contributed by atoms with Crippen LogP contribution in [0.2, 0.25) is 0 Å². The van der Waals surface area contributed by atoms with E-state index in [0.717, 1.165) is 38.6 Å². The Balaban J connectivity index is 0.00000300. The molecule has 0 aliphatic carbocycles. The first-order chi connectivity index (χ1) is 13.7. The maximum Gasteiger partial charge on any atom is 0.289 e. The molecule has 1 atom stereocenters. The van der Waals surface area contributed by atoms with Gasteiger partial charge in [0.1, 0.15) is 0 Å². The van der Waals surface area contributed by atoms with E-state index in [1.54, 1.807) is 12.1 Å². The molecule has 3 rings (SSSR count). The standard InChI is InChI=1S/C22H30N4O2.HI/c1-3-18(19-9-6-5-7-10-19)17-24-22(23-4-2)26-14-12-25(13-15-26)21(27)20-11-8-16-28-20;/h5-11,16,18H,3-4,12-15,17H2,1-2H3,(H,23,24);1H. The van der Waals surface area contributed by atoms with Crippen LogP contribution in [0.3, 0.4) is 0 Å². The molecule has 1 aromatic carbocycles. The largest absolute Gasteiger partial charge is 0.459 e. The van der Waals surface area contributed by atoms with Gasteiger partial charge in [0, 0.05) is 45.2 Å². The summed E-state index contributed by atoms with van der Waals surface area (Å²) in [5.41, 5.74) is 1.33. The van der Waals surface area contributed by atoms with Gasteiger partial charge in [-0.1, -0.05) is 37.3 Å². The second-order valence-corrected chi connectivity index (χ2v) is 6.97. The topological polar surface area (TPSA) is 61.1 Å². The predicted molar refractivity (Wildman–Crippen MR) is 127 cm³/mol. The summed E-state index contributed by atoms with van der Waals surface area (Å²) >= 11 is 0. The number of nitrogens with one attached hydrogen (secondary N) is 1. The monoisotopic (exact) mass is 510 g/mol. The molecule has 158 valence electrons. The van der Waals surface area contributed by atoms with Crippen molar-refractivity contribution in [2.75, 3.05) is 39.3 Å². The Labute approximate surface area is 190 Å². The fourth-order valence-corrected chi connectivity index (χ4v) is 3.50. The van der Waals surface area contributed by atoms with Gasteiger partial charge in [0.2, 0.25) is 0 Å². The molecule has 6 nitrogen and oxygen atoms in total. The summed E-state index contributed by atoms with van der Waals surface area (Å²) in [5.74, 6) is 1.71. The number of carbonyl (C=O) groups excluding carboxylic acids is 1. The van der Waals surface area contributed by atoms with Gasteiger partial charge >= 0.3 is 0 Å². The van der Waals surface area contributed by atoms with Gasteiger partial charge in [-0.3, -0.25) is 9.79 Å². The minimum Gasteiger partial charge on any atom is -0.459 e. The Morgan fingerprint density at radius 3 is 2.34 bits per heavy atom. The molecular formula is C22H31IN4O2. The molecule has 1 amide bonds. The van der Waals surface area contributed by atoms with Gasteiger partial charge in [0.15, 0.2) is 11.7 Å². The van der Waals surface area contributed by atoms with E-state index >= 15 is 0 Å². The third-order valence-corrected chi connectivity index (χ3v) is 5.16. The van der Waals surface area contributed by atoms with Crippen molar-refractivity contribution in [3.8, 4) is 0 Å². The van der Waals surface area contributed by atoms with Gasteiger partial charge in [0.25, 0.3) is 5.91 Å². The van der Waals surface area contributed by atoms with Crippen molar-refractivity contribution < 1.29 is 9.21 Å². The number of furan rings is 1. The summed E-state index contributed by atoms with van der Waals surface area (Å²) in [4.78, 5) is 21.4. The third-order valence-electron chi connectivity index (χ3n) is 5.16. The van der Waals surface area contributed by atoms with E-state index in [1.807, 2.05) is 11.0 Å². The van der Waals surface area contributed by atoms with Crippen molar-refractivity contribution >= 4 is 35.8 Å². The number of guanidine groups is 1. The lowest BCUT2D eigenvalue weighted by Gasteiger charge is -2.36. The minimum absolute atomic E-state index is 0. The number of rotatable bonds is 6. The summed E-state index contributed by atoms with van der Waals surface area (Å²) in [5, 5.41) is 3.41. The summed E-state index contributed by atoms with van der Waals surface area (Å²) in [6.45, 7) is 8.74. The van der Waals surface area contributed by atoms with Crippen LogP contribution in [0, 0.1) is 0 Å². The Morgan fingerprint density at radius 1 is 1.07 bits per heavy atom. The van der Waals surface area contributed by atoms with Crippen LogP contribution in [0.5, 0.6) is 0 Å². The summed E-state index contributed by atoms with van der Waals surface area (Å²) in [7, 11) is 0. The number of hydrogen-bond donors (Lipinski definition) is 1. The van der Waals surface area contributed by atoms with E-state index in [4.69, 9.17) is 9.41 Å². The van der Waals surface area contributed by atoms with Crippen LogP contribution in [-0.4, -0.2) is 60.9 Å². The van der Waals surface area contributed by atoms with Crippen molar-refractivity contribution in [2.24, 2.45) is 4.99 Å². The molecule has 0 radical (unpaired) electrons. The highest BCUT2D eigenvalue weighted by Gasteiger charge is 2.25. The maximum atomic E-state index is 12.4. The quantitative estimate of drug-likeness (QED) is 0.365. The van der Waals surface area contributed by atoms with Crippen LogP contribution in [-0.2, 0) is 0 Å². The van der Waals surface area contributed by atoms with Gasteiger partial charge in [0.05, 0.1) is 6.26 Å². The summed E-state index contributed by atoms with van der Waals surface area (Å²) in [6.07, 6.45) is 2.59. The zero-order valence-electron chi connectivity index (χ0n) is 17.2. The molecule has 29 heavy (non-hydrogen) atoms. The lowest BCUT2D eigenvalue weighted by Crippen LogP contribution is -2.53. The van der Waals surface area contributed by atoms with Crippen LogP contribution in [0.15, 0.2) is 58.1 Å². The van der Waals surface area contributed by atoms with Crippen LogP contribution in [0.25, 0.3) is 0 Å². The fraction of sp³-hybridized carbons (Fsp3) is 0.455. The molecule has 1 aliphatic rings. The zero-order valence-corrected chi connectivity index (χ0v) is 19.5. The molecule has 1 N–H and O–H groups in total. The van der Waals surface area contributed by atoms with Crippen molar-refractivity contribution in [1.82, 2.24) is 15.1 Å². The Bertz CT molecular complexity index is 756. The number of piperazine rings is 1. The summed E-state index contributed by atoms with van der Waals surface area (Å²) in [6, 6.07) is 14.0. The van der Waals surface area contributed by atoms with E-state index in [2.05, 4.69) is 48.3 Å². The first kappa shape index (κ1) is 23.3. The Kier molecular flexibility index (Phi) is 9.50. The molecule has 2 aromatic rings. The van der Waals surface area contributed by atoms with Crippen LogP contribution in [0.1, 0.15) is 42.3 Å². The van der Waals surface area contributed by atoms with Crippen molar-refractivity contribution in [1.29, 1.82) is 0 Å². The number of amides is 1. The second kappa shape index (κ2) is 11.8. The molecular weight excluding hydrogens is 479 g/mol. The first-order valence-corrected chi connectivity index (χ1v) is 10.1. The molecule has 7 heteroatoms. The van der Waals surface area contributed by atoms with Gasteiger partial charge in [-0.15, -0.1) is 24.0 Å². The number of benzene rings is 1. The lowest BCUT2D eigenvalue weighted by molar-refractivity contribution is 0.0657. The highest BCUT2D eigenvalue weighted by molar-refractivity contribution is 14.0. The molecule has 1 aliphatic heterocycles. The van der Waals surface area contributed by atoms with E-state index in [0.29, 0.717) is 24.8 Å². The molecule has 1 unspecified atom stereocenters. The third kappa shape index (κ3) is 6.22. The molecule has 1 saturated heterocycles. The second-order valence-electron chi connectivity index (χ2n) is 6.97. The number of halogens is 1. The SMILES string of the molecule is CCNC(=NCC(CC)c1ccccc1)N1CCN(C(=O)c2ccco2)CC1.I. The Hall–Kier alpha value is -2.03. The first-order valence-electron chi connectivity index (χ1n) is 10.1. The number of nitrogens with zero attached hydrogens (tertiary/aromatic N) is 3.